The lowest BCUT2D eigenvalue weighted by atomic mass is 9.87. The zero-order valence-corrected chi connectivity index (χ0v) is 15.0. The molecule has 132 valence electrons. The molecule has 1 amide bonds. The summed E-state index contributed by atoms with van der Waals surface area (Å²) in [6.45, 7) is 9.28. The maximum atomic E-state index is 12.5. The van der Waals surface area contributed by atoms with Crippen molar-refractivity contribution in [3.05, 3.63) is 35.9 Å². The number of amides is 1. The molecule has 3 rings (SSSR count). The normalized spacial score (nSPS) is 32.0. The molecule has 6 heteroatoms. The Kier molecular flexibility index (Phi) is 4.10. The summed E-state index contributed by atoms with van der Waals surface area (Å²) in [6.07, 6.45) is -0.326. The molecule has 0 saturated carbocycles. The molecule has 1 aromatic carbocycles. The van der Waals surface area contributed by atoms with Crippen LogP contribution in [0.5, 0.6) is 0 Å². The van der Waals surface area contributed by atoms with Crippen LogP contribution in [-0.4, -0.2) is 53.1 Å². The van der Waals surface area contributed by atoms with Crippen LogP contribution in [0.15, 0.2) is 30.3 Å². The van der Waals surface area contributed by atoms with Gasteiger partial charge in [0.1, 0.15) is 17.9 Å². The van der Waals surface area contributed by atoms with Gasteiger partial charge in [-0.3, -0.25) is 4.84 Å². The molecule has 2 aliphatic rings. The Bertz CT molecular complexity index is 621. The van der Waals surface area contributed by atoms with Gasteiger partial charge < -0.3 is 14.4 Å². The number of carbonyl (C=O) groups excluding carboxylic acids is 1. The van der Waals surface area contributed by atoms with Crippen LogP contribution in [0, 0.1) is 0 Å². The summed E-state index contributed by atoms with van der Waals surface area (Å²) in [6, 6.07) is 9.67. The van der Waals surface area contributed by atoms with Crippen LogP contribution in [0.1, 0.15) is 33.3 Å². The maximum absolute atomic E-state index is 12.5. The van der Waals surface area contributed by atoms with Crippen LogP contribution >= 0.6 is 0 Å². The van der Waals surface area contributed by atoms with Gasteiger partial charge in [0.15, 0.2) is 0 Å². The van der Waals surface area contributed by atoms with Gasteiger partial charge in [0, 0.05) is 6.54 Å². The average Bonchev–Trinajstić information content (AvgIpc) is 2.84. The van der Waals surface area contributed by atoms with Crippen molar-refractivity contribution >= 4 is 6.09 Å². The number of hydrogen-bond acceptors (Lipinski definition) is 5. The molecule has 24 heavy (non-hydrogen) atoms. The van der Waals surface area contributed by atoms with Gasteiger partial charge in [0.25, 0.3) is 0 Å². The standard InChI is InChI=1S/C18H26N2O4/c1-16(2)20(22-5)17(3)12-19(13-18(17,4)24-16)15(21)23-11-14-9-7-6-8-10-14/h6-10H,11-13H2,1-5H3/t17-,18+/m0/s1. The first-order chi connectivity index (χ1) is 11.2. The van der Waals surface area contributed by atoms with E-state index >= 15 is 0 Å². The number of hydroxylamine groups is 2. The largest absolute Gasteiger partial charge is 0.445 e. The Balaban J connectivity index is 1.70. The number of hydrogen-bond donors (Lipinski definition) is 0. The molecule has 2 aliphatic heterocycles. The van der Waals surface area contributed by atoms with E-state index in [-0.39, 0.29) is 12.7 Å². The zero-order chi connectivity index (χ0) is 17.6. The number of nitrogens with zero attached hydrogens (tertiary/aromatic N) is 2. The van der Waals surface area contributed by atoms with Crippen LogP contribution in [0.4, 0.5) is 4.79 Å². The van der Waals surface area contributed by atoms with E-state index in [4.69, 9.17) is 14.3 Å². The molecule has 2 saturated heterocycles. The number of rotatable bonds is 3. The van der Waals surface area contributed by atoms with Gasteiger partial charge in [0.05, 0.1) is 19.2 Å². The van der Waals surface area contributed by atoms with E-state index in [0.29, 0.717) is 13.1 Å². The Labute approximate surface area is 143 Å². The molecule has 0 aliphatic carbocycles. The van der Waals surface area contributed by atoms with Crippen molar-refractivity contribution in [2.75, 3.05) is 20.2 Å². The first-order valence-electron chi connectivity index (χ1n) is 8.22. The van der Waals surface area contributed by atoms with Crippen molar-refractivity contribution in [3.8, 4) is 0 Å². The average molecular weight is 334 g/mol. The summed E-state index contributed by atoms with van der Waals surface area (Å²) in [5, 5.41) is 1.85. The van der Waals surface area contributed by atoms with Crippen LogP contribution in [0.2, 0.25) is 0 Å². The Morgan fingerprint density at radius 2 is 1.83 bits per heavy atom. The van der Waals surface area contributed by atoms with Gasteiger partial charge >= 0.3 is 6.09 Å². The Hall–Kier alpha value is -1.63. The Morgan fingerprint density at radius 1 is 1.17 bits per heavy atom. The van der Waals surface area contributed by atoms with Crippen molar-refractivity contribution in [2.24, 2.45) is 0 Å². The highest BCUT2D eigenvalue weighted by molar-refractivity contribution is 5.69. The first kappa shape index (κ1) is 17.2. The molecule has 2 fully saturated rings. The molecule has 0 radical (unpaired) electrons. The summed E-state index contributed by atoms with van der Waals surface area (Å²) in [7, 11) is 1.64. The van der Waals surface area contributed by atoms with Gasteiger partial charge in [-0.1, -0.05) is 30.3 Å². The lowest BCUT2D eigenvalue weighted by Gasteiger charge is -2.37. The summed E-state index contributed by atoms with van der Waals surface area (Å²) in [5.41, 5.74) is -0.522. The van der Waals surface area contributed by atoms with Crippen molar-refractivity contribution < 1.29 is 19.1 Å². The first-order valence-corrected chi connectivity index (χ1v) is 8.22. The Morgan fingerprint density at radius 3 is 2.46 bits per heavy atom. The third-order valence-electron chi connectivity index (χ3n) is 5.19. The second-order valence-corrected chi connectivity index (χ2v) is 7.43. The van der Waals surface area contributed by atoms with Gasteiger partial charge in [-0.15, -0.1) is 5.06 Å². The van der Waals surface area contributed by atoms with E-state index in [1.165, 1.54) is 0 Å². The van der Waals surface area contributed by atoms with Gasteiger partial charge in [-0.25, -0.2) is 4.79 Å². The highest BCUT2D eigenvalue weighted by Crippen LogP contribution is 2.50. The fourth-order valence-corrected chi connectivity index (χ4v) is 4.10. The van der Waals surface area contributed by atoms with E-state index in [2.05, 4.69) is 6.92 Å². The van der Waals surface area contributed by atoms with Crippen molar-refractivity contribution in [1.29, 1.82) is 0 Å². The molecule has 1 aromatic rings. The van der Waals surface area contributed by atoms with Gasteiger partial charge in [0.2, 0.25) is 0 Å². The van der Waals surface area contributed by atoms with E-state index in [0.717, 1.165) is 5.56 Å². The minimum atomic E-state index is -0.543. The third-order valence-corrected chi connectivity index (χ3v) is 5.19. The second-order valence-electron chi connectivity index (χ2n) is 7.43. The highest BCUT2D eigenvalue weighted by Gasteiger charge is 2.68. The molecule has 2 heterocycles. The summed E-state index contributed by atoms with van der Waals surface area (Å²) in [5.74, 6) is 0. The molecular weight excluding hydrogens is 308 g/mol. The van der Waals surface area contributed by atoms with E-state index in [1.54, 1.807) is 12.0 Å². The van der Waals surface area contributed by atoms with Gasteiger partial charge in [-0.05, 0) is 33.3 Å². The molecule has 0 aromatic heterocycles. The van der Waals surface area contributed by atoms with Crippen LogP contribution < -0.4 is 0 Å². The van der Waals surface area contributed by atoms with Crippen molar-refractivity contribution in [2.45, 2.75) is 51.2 Å². The topological polar surface area (TPSA) is 51.2 Å². The smallest absolute Gasteiger partial charge is 0.410 e. The molecule has 0 bridgehead atoms. The molecule has 0 unspecified atom stereocenters. The monoisotopic (exact) mass is 334 g/mol. The molecule has 0 spiro atoms. The fraction of sp³-hybridized carbons (Fsp3) is 0.611. The van der Waals surface area contributed by atoms with Crippen LogP contribution in [0.25, 0.3) is 0 Å². The molecule has 6 nitrogen and oxygen atoms in total. The quantitative estimate of drug-likeness (QED) is 0.851. The highest BCUT2D eigenvalue weighted by atomic mass is 16.7. The lowest BCUT2D eigenvalue weighted by molar-refractivity contribution is -0.261. The number of benzene rings is 1. The van der Waals surface area contributed by atoms with Crippen molar-refractivity contribution in [1.82, 2.24) is 9.96 Å². The lowest BCUT2D eigenvalue weighted by Crippen LogP contribution is -2.56. The fourth-order valence-electron chi connectivity index (χ4n) is 4.10. The van der Waals surface area contributed by atoms with Crippen molar-refractivity contribution in [3.63, 3.8) is 0 Å². The van der Waals surface area contributed by atoms with Crippen LogP contribution in [-0.2, 0) is 20.9 Å². The van der Waals surface area contributed by atoms with E-state index < -0.39 is 16.9 Å². The minimum absolute atomic E-state index is 0.268. The SMILES string of the molecule is CON1C(C)(C)O[C@]2(C)CN(C(=O)OCc3ccccc3)C[C@]12C. The summed E-state index contributed by atoms with van der Waals surface area (Å²) < 4.78 is 11.7. The molecule has 0 N–H and O–H groups in total. The number of carbonyl (C=O) groups is 1. The number of likely N-dealkylation sites (tertiary alicyclic amines) is 1. The predicted octanol–water partition coefficient (Wildman–Crippen LogP) is 2.79. The minimum Gasteiger partial charge on any atom is -0.445 e. The van der Waals surface area contributed by atoms with Crippen LogP contribution in [0.3, 0.4) is 0 Å². The third kappa shape index (κ3) is 2.59. The summed E-state index contributed by atoms with van der Waals surface area (Å²) in [4.78, 5) is 19.8. The number of ether oxygens (including phenoxy) is 2. The van der Waals surface area contributed by atoms with E-state index in [1.807, 2.05) is 56.2 Å². The molecular formula is C18H26N2O4. The van der Waals surface area contributed by atoms with E-state index in [9.17, 15) is 4.79 Å². The molecule has 2 atom stereocenters. The predicted molar refractivity (Wildman–Crippen MR) is 89.0 cm³/mol. The maximum Gasteiger partial charge on any atom is 0.410 e. The second kappa shape index (κ2) is 5.72. The number of fused-ring (bicyclic) bond motifs is 1. The van der Waals surface area contributed by atoms with Gasteiger partial charge in [-0.2, -0.15) is 0 Å². The zero-order valence-electron chi connectivity index (χ0n) is 15.0. The summed E-state index contributed by atoms with van der Waals surface area (Å²) >= 11 is 0.